The van der Waals surface area contributed by atoms with Crippen LogP contribution in [-0.4, -0.2) is 59.2 Å². The number of hydrazone groups is 1. The highest BCUT2D eigenvalue weighted by atomic mass is 16.2. The van der Waals surface area contributed by atoms with Gasteiger partial charge in [-0.1, -0.05) is 30.3 Å². The van der Waals surface area contributed by atoms with Gasteiger partial charge in [0.1, 0.15) is 5.82 Å². The quantitative estimate of drug-likeness (QED) is 0.226. The molecule has 0 aliphatic carbocycles. The lowest BCUT2D eigenvalue weighted by atomic mass is 10.1. The smallest absolute Gasteiger partial charge is 0.236 e. The molecule has 0 saturated heterocycles. The first kappa shape index (κ1) is 21.5. The van der Waals surface area contributed by atoms with E-state index < -0.39 is 0 Å². The maximum Gasteiger partial charge on any atom is 0.236 e. The summed E-state index contributed by atoms with van der Waals surface area (Å²) in [7, 11) is 4.14. The molecule has 164 valence electrons. The summed E-state index contributed by atoms with van der Waals surface area (Å²) in [5.41, 5.74) is 5.85. The maximum absolute atomic E-state index is 11.3. The zero-order valence-electron chi connectivity index (χ0n) is 18.5. The molecule has 8 heteroatoms. The van der Waals surface area contributed by atoms with Crippen LogP contribution in [0.15, 0.2) is 53.6 Å². The summed E-state index contributed by atoms with van der Waals surface area (Å²) in [6.45, 7) is 3.23. The molecule has 0 atom stereocenters. The van der Waals surface area contributed by atoms with E-state index in [-0.39, 0.29) is 5.91 Å². The molecule has 0 spiro atoms. The van der Waals surface area contributed by atoms with Crippen molar-refractivity contribution in [1.29, 1.82) is 0 Å². The van der Waals surface area contributed by atoms with E-state index in [1.54, 1.807) is 6.21 Å². The van der Waals surface area contributed by atoms with E-state index in [2.05, 4.69) is 39.8 Å². The van der Waals surface area contributed by atoms with Gasteiger partial charge in [-0.2, -0.15) is 5.10 Å². The number of carbonyl (C=O) groups is 1. The van der Waals surface area contributed by atoms with E-state index >= 15 is 0 Å². The van der Waals surface area contributed by atoms with Crippen LogP contribution in [0.4, 0.5) is 5.82 Å². The Kier molecular flexibility index (Phi) is 6.42. The Bertz CT molecular complexity index is 1280. The molecule has 0 fully saturated rings. The van der Waals surface area contributed by atoms with Gasteiger partial charge in [-0.15, -0.1) is 0 Å². The summed E-state index contributed by atoms with van der Waals surface area (Å²) in [5.74, 6) is 1.14. The number of nitrogens with one attached hydrogen (secondary N) is 3. The van der Waals surface area contributed by atoms with Crippen molar-refractivity contribution in [3.8, 4) is 11.5 Å². The molecular formula is C24H27N7O. The third kappa shape index (κ3) is 4.76. The minimum atomic E-state index is -0.228. The number of rotatable bonds is 8. The fourth-order valence-corrected chi connectivity index (χ4v) is 3.59. The molecule has 0 saturated carbocycles. The van der Waals surface area contributed by atoms with Gasteiger partial charge in [-0.3, -0.25) is 4.79 Å². The lowest BCUT2D eigenvalue weighted by molar-refractivity contribution is -0.118. The Morgan fingerprint density at radius 3 is 2.62 bits per heavy atom. The first-order valence-corrected chi connectivity index (χ1v) is 10.6. The number of aromatic nitrogens is 3. The van der Waals surface area contributed by atoms with Gasteiger partial charge in [-0.05, 0) is 45.3 Å². The molecule has 1 amide bonds. The maximum atomic E-state index is 11.3. The molecule has 2 heterocycles. The molecule has 32 heavy (non-hydrogen) atoms. The number of para-hydroxylation sites is 2. The second-order valence-electron chi connectivity index (χ2n) is 7.88. The summed E-state index contributed by atoms with van der Waals surface area (Å²) in [6.07, 6.45) is 2.64. The predicted octanol–water partition coefficient (Wildman–Crippen LogP) is 3.61. The van der Waals surface area contributed by atoms with Crippen LogP contribution in [0.25, 0.3) is 33.3 Å². The molecular weight excluding hydrogens is 402 g/mol. The minimum Gasteiger partial charge on any atom is -0.369 e. The number of nitrogens with zero attached hydrogens (tertiary/aromatic N) is 4. The van der Waals surface area contributed by atoms with Crippen molar-refractivity contribution in [1.82, 2.24) is 25.3 Å². The third-order valence-corrected chi connectivity index (χ3v) is 5.06. The van der Waals surface area contributed by atoms with Crippen molar-refractivity contribution in [3.63, 3.8) is 0 Å². The van der Waals surface area contributed by atoms with Crippen LogP contribution in [0.3, 0.4) is 0 Å². The largest absolute Gasteiger partial charge is 0.369 e. The first-order valence-electron chi connectivity index (χ1n) is 10.6. The lowest BCUT2D eigenvalue weighted by Gasteiger charge is -2.13. The predicted molar refractivity (Wildman–Crippen MR) is 130 cm³/mol. The topological polar surface area (TPSA) is 98.3 Å². The summed E-state index contributed by atoms with van der Waals surface area (Å²) in [6, 6.07) is 15.9. The number of fused-ring (bicyclic) bond motifs is 2. The van der Waals surface area contributed by atoms with E-state index in [0.29, 0.717) is 5.82 Å². The molecule has 0 radical (unpaired) electrons. The second-order valence-corrected chi connectivity index (χ2v) is 7.88. The van der Waals surface area contributed by atoms with Gasteiger partial charge < -0.3 is 15.2 Å². The molecule has 0 aliphatic heterocycles. The average Bonchev–Trinajstić information content (AvgIpc) is 3.15. The Labute approximate surface area is 186 Å². The van der Waals surface area contributed by atoms with Gasteiger partial charge in [-0.25, -0.2) is 15.4 Å². The van der Waals surface area contributed by atoms with Gasteiger partial charge in [0, 0.05) is 35.3 Å². The molecule has 0 bridgehead atoms. The number of H-pyrrole nitrogens is 1. The second kappa shape index (κ2) is 9.57. The normalized spacial score (nSPS) is 11.6. The molecule has 0 unspecified atom stereocenters. The highest BCUT2D eigenvalue weighted by Crippen LogP contribution is 2.30. The van der Waals surface area contributed by atoms with Crippen molar-refractivity contribution in [2.45, 2.75) is 13.3 Å². The van der Waals surface area contributed by atoms with E-state index in [9.17, 15) is 4.79 Å². The number of benzene rings is 2. The number of hydrogen-bond acceptors (Lipinski definition) is 6. The van der Waals surface area contributed by atoms with Gasteiger partial charge in [0.2, 0.25) is 5.91 Å². The first-order chi connectivity index (χ1) is 15.5. The fraction of sp³-hybridized carbons (Fsp3) is 0.250. The molecule has 4 rings (SSSR count). The van der Waals surface area contributed by atoms with Gasteiger partial charge in [0.05, 0.1) is 17.4 Å². The van der Waals surface area contributed by atoms with E-state index in [1.165, 1.54) is 6.92 Å². The number of anilines is 1. The third-order valence-electron chi connectivity index (χ3n) is 5.06. The van der Waals surface area contributed by atoms with Crippen LogP contribution in [0.2, 0.25) is 0 Å². The van der Waals surface area contributed by atoms with Crippen molar-refractivity contribution in [3.05, 3.63) is 54.1 Å². The van der Waals surface area contributed by atoms with Crippen LogP contribution in [-0.2, 0) is 4.79 Å². The van der Waals surface area contributed by atoms with Gasteiger partial charge in [0.25, 0.3) is 0 Å². The molecule has 8 nitrogen and oxygen atoms in total. The highest BCUT2D eigenvalue weighted by Gasteiger charge is 2.16. The Morgan fingerprint density at radius 2 is 1.84 bits per heavy atom. The SMILES string of the molecule is CC(=O)N/N=C/c1c(-c2nc(NCCCN(C)C)c3ccccc3n2)[nH]c2ccccc12. The number of aromatic amines is 1. The molecule has 2 aromatic heterocycles. The number of hydrogen-bond donors (Lipinski definition) is 3. The summed E-state index contributed by atoms with van der Waals surface area (Å²) in [4.78, 5) is 26.6. The van der Waals surface area contributed by atoms with Crippen molar-refractivity contribution >= 4 is 39.7 Å². The molecule has 3 N–H and O–H groups in total. The zero-order valence-corrected chi connectivity index (χ0v) is 18.5. The summed E-state index contributed by atoms with van der Waals surface area (Å²) < 4.78 is 0. The van der Waals surface area contributed by atoms with Crippen LogP contribution in [0, 0.1) is 0 Å². The highest BCUT2D eigenvalue weighted by molar-refractivity contribution is 6.06. The van der Waals surface area contributed by atoms with Crippen LogP contribution in [0.5, 0.6) is 0 Å². The monoisotopic (exact) mass is 429 g/mol. The molecule has 2 aromatic carbocycles. The molecule has 0 aliphatic rings. The standard InChI is InChI=1S/C24H27N7O/c1-16(32)30-26-15-19-17-9-4-6-11-20(17)27-22(19)24-28-21-12-7-5-10-18(21)23(29-24)25-13-8-14-31(2)3/h4-7,9-12,15,27H,8,13-14H2,1-3H3,(H,30,32)(H,25,28,29)/b26-15+. The minimum absolute atomic E-state index is 0.228. The average molecular weight is 430 g/mol. The summed E-state index contributed by atoms with van der Waals surface area (Å²) in [5, 5.41) is 9.53. The summed E-state index contributed by atoms with van der Waals surface area (Å²) >= 11 is 0. The lowest BCUT2D eigenvalue weighted by Crippen LogP contribution is -2.17. The zero-order chi connectivity index (χ0) is 22.5. The van der Waals surface area contributed by atoms with Gasteiger partial charge >= 0.3 is 0 Å². The van der Waals surface area contributed by atoms with Crippen molar-refractivity contribution in [2.24, 2.45) is 5.10 Å². The van der Waals surface area contributed by atoms with Crippen LogP contribution >= 0.6 is 0 Å². The molecule has 4 aromatic rings. The Hall–Kier alpha value is -3.78. The van der Waals surface area contributed by atoms with E-state index in [4.69, 9.17) is 9.97 Å². The Balaban J connectivity index is 1.79. The Morgan fingerprint density at radius 1 is 1.09 bits per heavy atom. The number of amides is 1. The van der Waals surface area contributed by atoms with Crippen LogP contribution < -0.4 is 10.7 Å². The van der Waals surface area contributed by atoms with Gasteiger partial charge in [0.15, 0.2) is 5.82 Å². The van der Waals surface area contributed by atoms with Crippen molar-refractivity contribution < 1.29 is 4.79 Å². The fourth-order valence-electron chi connectivity index (χ4n) is 3.59. The number of carbonyl (C=O) groups excluding carboxylic acids is 1. The van der Waals surface area contributed by atoms with Crippen LogP contribution in [0.1, 0.15) is 18.9 Å². The van der Waals surface area contributed by atoms with Crippen molar-refractivity contribution in [2.75, 3.05) is 32.5 Å². The van der Waals surface area contributed by atoms with E-state index in [0.717, 1.165) is 58.4 Å². The van der Waals surface area contributed by atoms with E-state index in [1.807, 2.05) is 48.5 Å².